The van der Waals surface area contributed by atoms with Crippen molar-refractivity contribution in [2.24, 2.45) is 5.84 Å². The normalized spacial score (nSPS) is 19.9. The van der Waals surface area contributed by atoms with Crippen LogP contribution in [0.25, 0.3) is 0 Å². The summed E-state index contributed by atoms with van der Waals surface area (Å²) in [5, 5.41) is 1.93. The van der Waals surface area contributed by atoms with Crippen molar-refractivity contribution in [3.05, 3.63) is 0 Å². The minimum Gasteiger partial charge on any atom is -0.383 e. The van der Waals surface area contributed by atoms with E-state index in [0.29, 0.717) is 6.04 Å². The molecule has 2 N–H and O–H groups in total. The molecule has 3 heteroatoms. The third-order valence-electron chi connectivity index (χ3n) is 2.35. The molecule has 3 nitrogen and oxygen atoms in total. The van der Waals surface area contributed by atoms with E-state index in [9.17, 15) is 0 Å². The van der Waals surface area contributed by atoms with Gasteiger partial charge >= 0.3 is 0 Å². The average molecular weight is 158 g/mol. The van der Waals surface area contributed by atoms with Gasteiger partial charge in [-0.2, -0.15) is 0 Å². The van der Waals surface area contributed by atoms with Crippen LogP contribution in [-0.2, 0) is 4.74 Å². The van der Waals surface area contributed by atoms with Crippen LogP contribution in [0, 0.1) is 0 Å². The molecule has 0 aromatic rings. The highest BCUT2D eigenvalue weighted by molar-refractivity contribution is 4.73. The van der Waals surface area contributed by atoms with Gasteiger partial charge in [0.05, 0.1) is 6.61 Å². The smallest absolute Gasteiger partial charge is 0.0603 e. The quantitative estimate of drug-likeness (QED) is 0.484. The first-order chi connectivity index (χ1) is 5.34. The monoisotopic (exact) mass is 158 g/mol. The molecule has 0 spiro atoms. The van der Waals surface area contributed by atoms with Crippen LogP contribution in [-0.4, -0.2) is 31.3 Å². The Kier molecular flexibility index (Phi) is 3.83. The first-order valence-electron chi connectivity index (χ1n) is 4.35. The van der Waals surface area contributed by atoms with E-state index < -0.39 is 0 Å². The molecule has 0 aromatic heterocycles. The summed E-state index contributed by atoms with van der Waals surface area (Å²) >= 11 is 0. The second-order valence-electron chi connectivity index (χ2n) is 3.17. The van der Waals surface area contributed by atoms with E-state index in [2.05, 4.69) is 0 Å². The van der Waals surface area contributed by atoms with Crippen LogP contribution < -0.4 is 5.84 Å². The number of rotatable bonds is 4. The summed E-state index contributed by atoms with van der Waals surface area (Å²) in [6, 6.07) is 0.616. The molecule has 0 aromatic carbocycles. The molecule has 1 aliphatic rings. The Morgan fingerprint density at radius 2 is 2.09 bits per heavy atom. The molecule has 0 unspecified atom stereocenters. The van der Waals surface area contributed by atoms with E-state index in [1.165, 1.54) is 25.7 Å². The molecule has 1 fully saturated rings. The molecule has 0 bridgehead atoms. The van der Waals surface area contributed by atoms with Crippen LogP contribution in [0.5, 0.6) is 0 Å². The number of hydrazine groups is 1. The molecule has 0 saturated heterocycles. The predicted octanol–water partition coefficient (Wildman–Crippen LogP) is 0.751. The highest BCUT2D eigenvalue weighted by atomic mass is 16.5. The van der Waals surface area contributed by atoms with Crippen molar-refractivity contribution in [1.82, 2.24) is 5.01 Å². The fourth-order valence-electron chi connectivity index (χ4n) is 1.62. The summed E-state index contributed by atoms with van der Waals surface area (Å²) in [6.07, 6.45) is 5.21. The summed E-state index contributed by atoms with van der Waals surface area (Å²) in [7, 11) is 1.71. The van der Waals surface area contributed by atoms with Crippen LogP contribution in [0.2, 0.25) is 0 Å². The fourth-order valence-corrected chi connectivity index (χ4v) is 1.62. The van der Waals surface area contributed by atoms with Gasteiger partial charge < -0.3 is 4.74 Å². The average Bonchev–Trinajstić information content (AvgIpc) is 2.52. The van der Waals surface area contributed by atoms with Gasteiger partial charge in [-0.05, 0) is 12.8 Å². The van der Waals surface area contributed by atoms with Gasteiger partial charge in [0, 0.05) is 19.7 Å². The van der Waals surface area contributed by atoms with Crippen molar-refractivity contribution in [2.75, 3.05) is 20.3 Å². The van der Waals surface area contributed by atoms with Crippen molar-refractivity contribution in [2.45, 2.75) is 31.7 Å². The molecule has 0 atom stereocenters. The lowest BCUT2D eigenvalue weighted by Crippen LogP contribution is -2.41. The van der Waals surface area contributed by atoms with Crippen molar-refractivity contribution in [1.29, 1.82) is 0 Å². The highest BCUT2D eigenvalue weighted by Crippen LogP contribution is 2.20. The highest BCUT2D eigenvalue weighted by Gasteiger charge is 2.19. The van der Waals surface area contributed by atoms with Gasteiger partial charge in [-0.15, -0.1) is 0 Å². The zero-order chi connectivity index (χ0) is 8.10. The molecule has 1 saturated carbocycles. The Balaban J connectivity index is 2.12. The number of methoxy groups -OCH3 is 1. The zero-order valence-electron chi connectivity index (χ0n) is 7.25. The Hall–Kier alpha value is -0.120. The van der Waals surface area contributed by atoms with Crippen LogP contribution in [0.3, 0.4) is 0 Å². The Morgan fingerprint density at radius 1 is 1.45 bits per heavy atom. The van der Waals surface area contributed by atoms with E-state index >= 15 is 0 Å². The lowest BCUT2D eigenvalue weighted by Gasteiger charge is -2.22. The number of ether oxygens (including phenoxy) is 1. The second-order valence-corrected chi connectivity index (χ2v) is 3.17. The van der Waals surface area contributed by atoms with Crippen LogP contribution in [0.4, 0.5) is 0 Å². The van der Waals surface area contributed by atoms with Gasteiger partial charge in [-0.1, -0.05) is 12.8 Å². The summed E-state index contributed by atoms with van der Waals surface area (Å²) < 4.78 is 4.95. The van der Waals surface area contributed by atoms with E-state index in [4.69, 9.17) is 10.6 Å². The topological polar surface area (TPSA) is 38.5 Å². The van der Waals surface area contributed by atoms with Gasteiger partial charge in [0.15, 0.2) is 0 Å². The Bertz CT molecular complexity index is 102. The van der Waals surface area contributed by atoms with Crippen LogP contribution in [0.1, 0.15) is 25.7 Å². The molecule has 66 valence electrons. The van der Waals surface area contributed by atoms with E-state index in [0.717, 1.165) is 13.2 Å². The fraction of sp³-hybridized carbons (Fsp3) is 1.00. The molecule has 11 heavy (non-hydrogen) atoms. The Morgan fingerprint density at radius 3 is 2.64 bits per heavy atom. The van der Waals surface area contributed by atoms with Gasteiger partial charge in [-0.25, -0.2) is 5.01 Å². The minimum atomic E-state index is 0.616. The molecular weight excluding hydrogens is 140 g/mol. The maximum atomic E-state index is 5.82. The largest absolute Gasteiger partial charge is 0.383 e. The molecule has 0 aliphatic heterocycles. The standard InChI is InChI=1S/C8H18N2O/c1-11-7-6-10(9)8-4-2-3-5-8/h8H,2-7,9H2,1H3. The number of hydrogen-bond acceptors (Lipinski definition) is 3. The van der Waals surface area contributed by atoms with Crippen LogP contribution in [0.15, 0.2) is 0 Å². The summed E-state index contributed by atoms with van der Waals surface area (Å²) in [5.41, 5.74) is 0. The first-order valence-corrected chi connectivity index (χ1v) is 4.35. The lowest BCUT2D eigenvalue weighted by molar-refractivity contribution is 0.121. The zero-order valence-corrected chi connectivity index (χ0v) is 7.25. The molecule has 0 heterocycles. The van der Waals surface area contributed by atoms with E-state index in [1.54, 1.807) is 7.11 Å². The summed E-state index contributed by atoms with van der Waals surface area (Å²) in [6.45, 7) is 1.61. The molecular formula is C8H18N2O. The minimum absolute atomic E-state index is 0.616. The molecule has 1 aliphatic carbocycles. The summed E-state index contributed by atoms with van der Waals surface area (Å²) in [4.78, 5) is 0. The van der Waals surface area contributed by atoms with E-state index in [1.807, 2.05) is 5.01 Å². The summed E-state index contributed by atoms with van der Waals surface area (Å²) in [5.74, 6) is 5.82. The molecule has 0 amide bonds. The number of nitrogens with zero attached hydrogens (tertiary/aromatic N) is 1. The van der Waals surface area contributed by atoms with Gasteiger partial charge in [-0.3, -0.25) is 5.84 Å². The lowest BCUT2D eigenvalue weighted by atomic mass is 10.2. The van der Waals surface area contributed by atoms with E-state index in [-0.39, 0.29) is 0 Å². The third-order valence-corrected chi connectivity index (χ3v) is 2.35. The maximum absolute atomic E-state index is 5.82. The van der Waals surface area contributed by atoms with Crippen LogP contribution >= 0.6 is 0 Å². The van der Waals surface area contributed by atoms with Crippen molar-refractivity contribution < 1.29 is 4.74 Å². The van der Waals surface area contributed by atoms with Gasteiger partial charge in [0.1, 0.15) is 0 Å². The third kappa shape index (κ3) is 2.77. The number of nitrogens with two attached hydrogens (primary N) is 1. The Labute approximate surface area is 68.5 Å². The van der Waals surface area contributed by atoms with Gasteiger partial charge in [0.25, 0.3) is 0 Å². The molecule has 1 rings (SSSR count). The van der Waals surface area contributed by atoms with Crippen molar-refractivity contribution in [3.8, 4) is 0 Å². The number of hydrogen-bond donors (Lipinski definition) is 1. The molecule has 0 radical (unpaired) electrons. The second kappa shape index (κ2) is 4.70. The SMILES string of the molecule is COCCN(N)C1CCCC1. The van der Waals surface area contributed by atoms with Crippen molar-refractivity contribution >= 4 is 0 Å². The predicted molar refractivity (Wildman–Crippen MR) is 45.0 cm³/mol. The van der Waals surface area contributed by atoms with Gasteiger partial charge in [0.2, 0.25) is 0 Å². The maximum Gasteiger partial charge on any atom is 0.0603 e. The van der Waals surface area contributed by atoms with Crippen molar-refractivity contribution in [3.63, 3.8) is 0 Å². The first kappa shape index (κ1) is 8.97.